The number of allylic oxidation sites excluding steroid dienone is 1. The topological polar surface area (TPSA) is 0 Å². The van der Waals surface area contributed by atoms with Gasteiger partial charge in [-0.3, -0.25) is 0 Å². The van der Waals surface area contributed by atoms with Crippen LogP contribution in [0.5, 0.6) is 0 Å². The van der Waals surface area contributed by atoms with Crippen LogP contribution in [0.3, 0.4) is 0 Å². The summed E-state index contributed by atoms with van der Waals surface area (Å²) in [6.07, 6.45) is 2.43. The molecule has 0 radical (unpaired) electrons. The molecule has 0 spiro atoms. The minimum atomic E-state index is 0. The average molecular weight is 375 g/mol. The van der Waals surface area contributed by atoms with E-state index in [1.165, 1.54) is 11.1 Å². The first-order chi connectivity index (χ1) is 7.93. The fraction of sp³-hybridized carbons (Fsp3) is 0.500. The van der Waals surface area contributed by atoms with Crippen LogP contribution >= 0.6 is 0 Å². The summed E-state index contributed by atoms with van der Waals surface area (Å²) in [5.74, 6) is 1.24. The van der Waals surface area contributed by atoms with Gasteiger partial charge in [0.1, 0.15) is 0 Å². The van der Waals surface area contributed by atoms with Crippen LogP contribution < -0.4 is 24.8 Å². The summed E-state index contributed by atoms with van der Waals surface area (Å²) in [6.45, 7) is 11.5. The first kappa shape index (κ1) is 19.4. The molecule has 1 aliphatic rings. The largest absolute Gasteiger partial charge is 1.00 e. The molecular weight excluding hydrogens is 354 g/mol. The van der Waals surface area contributed by atoms with Crippen molar-refractivity contribution in [3.05, 3.63) is 40.0 Å². The Bertz CT molecular complexity index is 476. The van der Waals surface area contributed by atoms with Gasteiger partial charge in [0, 0.05) is 0 Å². The Morgan fingerprint density at radius 3 is 2.05 bits per heavy atom. The van der Waals surface area contributed by atoms with E-state index in [2.05, 4.69) is 52.8 Å². The van der Waals surface area contributed by atoms with E-state index in [9.17, 15) is 0 Å². The van der Waals surface area contributed by atoms with Crippen molar-refractivity contribution in [3.8, 4) is 0 Å². The van der Waals surface area contributed by atoms with Crippen LogP contribution in [0, 0.1) is 0 Å². The fourth-order valence-corrected chi connectivity index (χ4v) is 3.61. The van der Waals surface area contributed by atoms with E-state index in [-0.39, 0.29) is 24.8 Å². The smallest absolute Gasteiger partial charge is 1.00 e. The molecule has 0 aromatic heterocycles. The Labute approximate surface area is 145 Å². The molecular formula is C16H21Cl2Zr. The van der Waals surface area contributed by atoms with E-state index < -0.39 is 0 Å². The summed E-state index contributed by atoms with van der Waals surface area (Å²) in [7, 11) is 0. The second-order valence-electron chi connectivity index (χ2n) is 5.70. The van der Waals surface area contributed by atoms with Gasteiger partial charge in [0.25, 0.3) is 0 Å². The summed E-state index contributed by atoms with van der Waals surface area (Å²) in [4.78, 5) is 0. The third kappa shape index (κ3) is 3.55. The Hall–Kier alpha value is 0.423. The zero-order chi connectivity index (χ0) is 12.7. The second-order valence-corrected chi connectivity index (χ2v) is 7.12. The summed E-state index contributed by atoms with van der Waals surface area (Å²) < 4.78 is 0.691. The van der Waals surface area contributed by atoms with E-state index in [1.807, 2.05) is 0 Å². The average Bonchev–Trinajstić information content (AvgIpc) is 2.53. The minimum absolute atomic E-state index is 0. The molecule has 103 valence electrons. The van der Waals surface area contributed by atoms with Crippen molar-refractivity contribution < 1.29 is 49.5 Å². The van der Waals surface area contributed by atoms with E-state index in [0.717, 1.165) is 0 Å². The molecule has 0 bridgehead atoms. The molecule has 0 saturated carbocycles. The molecule has 1 atom stereocenters. The Morgan fingerprint density at radius 1 is 1.00 bits per heavy atom. The third-order valence-corrected chi connectivity index (χ3v) is 5.58. The van der Waals surface area contributed by atoms with E-state index in [0.29, 0.717) is 15.5 Å². The quantitative estimate of drug-likeness (QED) is 0.619. The van der Waals surface area contributed by atoms with Crippen molar-refractivity contribution in [1.82, 2.24) is 0 Å². The molecule has 0 nitrogen and oxygen atoms in total. The predicted octanol–water partition coefficient (Wildman–Crippen LogP) is -1.05. The number of benzene rings is 1. The van der Waals surface area contributed by atoms with Gasteiger partial charge < -0.3 is 24.8 Å². The van der Waals surface area contributed by atoms with Gasteiger partial charge in [-0.05, 0) is 0 Å². The monoisotopic (exact) mass is 373 g/mol. The molecule has 0 amide bonds. The van der Waals surface area contributed by atoms with Crippen molar-refractivity contribution in [1.29, 1.82) is 0 Å². The SMILES string of the molecule is CC1=Cc2c(ccc(C(C)C)c2C(C)C)[CH]1[Zr+2].[Cl-].[Cl-]. The maximum atomic E-state index is 2.43. The first-order valence-corrected chi connectivity index (χ1v) is 7.91. The molecule has 0 aliphatic heterocycles. The minimum Gasteiger partial charge on any atom is -1.00 e. The van der Waals surface area contributed by atoms with Crippen molar-refractivity contribution >= 4 is 6.08 Å². The van der Waals surface area contributed by atoms with Crippen LogP contribution in [0.25, 0.3) is 6.08 Å². The van der Waals surface area contributed by atoms with Gasteiger partial charge in [-0.1, -0.05) is 0 Å². The molecule has 0 N–H and O–H groups in total. The molecule has 0 heterocycles. The van der Waals surface area contributed by atoms with Crippen LogP contribution in [0.15, 0.2) is 17.7 Å². The van der Waals surface area contributed by atoms with Gasteiger partial charge in [-0.25, -0.2) is 0 Å². The Kier molecular flexibility index (Phi) is 7.60. The number of rotatable bonds is 2. The van der Waals surface area contributed by atoms with Crippen molar-refractivity contribution in [2.45, 2.75) is 50.1 Å². The summed E-state index contributed by atoms with van der Waals surface area (Å²) in [5, 5.41) is 0. The summed E-state index contributed by atoms with van der Waals surface area (Å²) in [6, 6.07) is 4.73. The molecule has 1 aliphatic carbocycles. The van der Waals surface area contributed by atoms with Gasteiger partial charge in [0.15, 0.2) is 0 Å². The molecule has 3 heteroatoms. The maximum absolute atomic E-state index is 2.43. The standard InChI is InChI=1S/C16H21.2ClH.Zr/c1-10(2)14-7-6-13-8-12(5)9-15(13)16(14)11(3)4;;;/h6-11H,1-5H3;2*1H;/q;;;+2/p-2. The number of hydrogen-bond acceptors (Lipinski definition) is 0. The Morgan fingerprint density at radius 2 is 1.58 bits per heavy atom. The normalized spacial score (nSPS) is 16.9. The Balaban J connectivity index is 0.00000162. The van der Waals surface area contributed by atoms with Gasteiger partial charge >= 0.3 is 121 Å². The van der Waals surface area contributed by atoms with Crippen LogP contribution in [0.2, 0.25) is 0 Å². The van der Waals surface area contributed by atoms with Crippen molar-refractivity contribution in [2.75, 3.05) is 0 Å². The number of halogens is 2. The van der Waals surface area contributed by atoms with E-state index in [4.69, 9.17) is 0 Å². The van der Waals surface area contributed by atoms with Gasteiger partial charge in [-0.15, -0.1) is 0 Å². The van der Waals surface area contributed by atoms with Crippen LogP contribution in [-0.4, -0.2) is 0 Å². The zero-order valence-electron chi connectivity index (χ0n) is 12.2. The predicted molar refractivity (Wildman–Crippen MR) is 71.0 cm³/mol. The summed E-state index contributed by atoms with van der Waals surface area (Å²) >= 11 is 1.61. The molecule has 1 aromatic rings. The van der Waals surface area contributed by atoms with Gasteiger partial charge in [0.05, 0.1) is 0 Å². The van der Waals surface area contributed by atoms with E-state index >= 15 is 0 Å². The molecule has 0 saturated heterocycles. The van der Waals surface area contributed by atoms with Crippen LogP contribution in [-0.2, 0) is 24.7 Å². The third-order valence-electron chi connectivity index (χ3n) is 3.69. The van der Waals surface area contributed by atoms with Crippen molar-refractivity contribution in [2.24, 2.45) is 0 Å². The molecule has 19 heavy (non-hydrogen) atoms. The fourth-order valence-electron chi connectivity index (χ4n) is 2.79. The van der Waals surface area contributed by atoms with E-state index in [1.54, 1.807) is 41.4 Å². The molecule has 2 rings (SSSR count). The van der Waals surface area contributed by atoms with Crippen LogP contribution in [0.1, 0.15) is 72.3 Å². The molecule has 0 fully saturated rings. The maximum Gasteiger partial charge on any atom is -1.00 e. The van der Waals surface area contributed by atoms with Gasteiger partial charge in [-0.2, -0.15) is 0 Å². The summed E-state index contributed by atoms with van der Waals surface area (Å²) in [5.41, 5.74) is 7.76. The van der Waals surface area contributed by atoms with Crippen LogP contribution in [0.4, 0.5) is 0 Å². The zero-order valence-corrected chi connectivity index (χ0v) is 16.2. The molecule has 1 unspecified atom stereocenters. The second kappa shape index (κ2) is 7.44. The van der Waals surface area contributed by atoms with Gasteiger partial charge in [0.2, 0.25) is 0 Å². The number of fused-ring (bicyclic) bond motifs is 1. The van der Waals surface area contributed by atoms with Crippen molar-refractivity contribution in [3.63, 3.8) is 0 Å². The first-order valence-electron chi connectivity index (χ1n) is 6.49. The number of hydrogen-bond donors (Lipinski definition) is 0. The molecule has 1 aromatic carbocycles.